The van der Waals surface area contributed by atoms with E-state index in [1.54, 1.807) is 0 Å². The molecular formula is C29H30F2N4O4. The Hall–Kier alpha value is -3.79. The number of benzene rings is 2. The van der Waals surface area contributed by atoms with E-state index in [-0.39, 0.29) is 18.3 Å². The first-order chi connectivity index (χ1) is 20.0. The fourth-order valence-electron chi connectivity index (χ4n) is 6.00. The molecule has 204 valence electrons. The molecule has 6 rings (SSSR count). The molecule has 2 aromatic carbocycles. The van der Waals surface area contributed by atoms with Crippen molar-refractivity contribution < 1.29 is 31.7 Å². The average molecular weight is 540 g/mol. The second-order valence-corrected chi connectivity index (χ2v) is 10.2. The molecule has 0 unspecified atom stereocenters. The molecule has 8 nitrogen and oxygen atoms in total. The van der Waals surface area contributed by atoms with Crippen LogP contribution >= 0.6 is 0 Å². The molecule has 0 radical (unpaired) electrons. The van der Waals surface area contributed by atoms with Crippen molar-refractivity contribution in [3.8, 4) is 11.1 Å². The summed E-state index contributed by atoms with van der Waals surface area (Å²) in [6.45, 7) is 3.82. The first-order valence-corrected chi connectivity index (χ1v) is 13.0. The molecule has 1 atom stereocenters. The van der Waals surface area contributed by atoms with Gasteiger partial charge in [0.25, 0.3) is 0 Å². The van der Waals surface area contributed by atoms with Gasteiger partial charge in [-0.25, -0.2) is 18.6 Å². The highest BCUT2D eigenvalue weighted by Gasteiger charge is 2.38. The SMILES string of the molecule is [2H]C([2H])([2H])OC1CCC(n2c([C@@H]3CCOC(=O)N3c3cc(F)cc(F)c3)nc3cc(-c4c(C)noc4C)ccc32)CC1. The van der Waals surface area contributed by atoms with E-state index in [4.69, 9.17) is 23.1 Å². The molecule has 1 saturated carbocycles. The minimum atomic E-state index is -2.47. The molecule has 1 aliphatic carbocycles. The van der Waals surface area contributed by atoms with Crippen molar-refractivity contribution >= 4 is 22.8 Å². The molecule has 0 spiro atoms. The van der Waals surface area contributed by atoms with Crippen LogP contribution in [0.15, 0.2) is 40.9 Å². The van der Waals surface area contributed by atoms with Gasteiger partial charge in [0.15, 0.2) is 0 Å². The molecule has 2 aliphatic rings. The zero-order valence-electron chi connectivity index (χ0n) is 24.6. The van der Waals surface area contributed by atoms with Crippen molar-refractivity contribution in [2.75, 3.05) is 18.5 Å². The highest BCUT2D eigenvalue weighted by Crippen LogP contribution is 2.41. The smallest absolute Gasteiger partial charge is 0.414 e. The van der Waals surface area contributed by atoms with Gasteiger partial charge in [0.05, 0.1) is 39.2 Å². The van der Waals surface area contributed by atoms with Crippen LogP contribution in [-0.4, -0.2) is 40.5 Å². The van der Waals surface area contributed by atoms with Crippen LogP contribution in [0, 0.1) is 25.5 Å². The number of aryl methyl sites for hydroxylation is 2. The minimum absolute atomic E-state index is 0.0343. The van der Waals surface area contributed by atoms with Crippen molar-refractivity contribution in [1.29, 1.82) is 0 Å². The quantitative estimate of drug-likeness (QED) is 0.277. The Morgan fingerprint density at radius 3 is 2.51 bits per heavy atom. The average Bonchev–Trinajstić information content (AvgIpc) is 3.46. The van der Waals surface area contributed by atoms with Crippen molar-refractivity contribution in [3.05, 3.63) is 65.3 Å². The number of rotatable bonds is 5. The van der Waals surface area contributed by atoms with Gasteiger partial charge in [-0.2, -0.15) is 0 Å². The molecule has 0 bridgehead atoms. The number of methoxy groups -OCH3 is 1. The molecule has 39 heavy (non-hydrogen) atoms. The summed E-state index contributed by atoms with van der Waals surface area (Å²) in [5, 5.41) is 4.07. The Kier molecular flexibility index (Phi) is 5.70. The van der Waals surface area contributed by atoms with Gasteiger partial charge in [-0.3, -0.25) is 4.90 Å². The Morgan fingerprint density at radius 1 is 1.05 bits per heavy atom. The van der Waals surface area contributed by atoms with Crippen LogP contribution in [0.3, 0.4) is 0 Å². The summed E-state index contributed by atoms with van der Waals surface area (Å²) in [5.41, 5.74) is 4.02. The third kappa shape index (κ3) is 4.56. The van der Waals surface area contributed by atoms with Crippen LogP contribution in [0.5, 0.6) is 0 Å². The largest absolute Gasteiger partial charge is 0.449 e. The summed E-state index contributed by atoms with van der Waals surface area (Å²) < 4.78 is 69.0. The van der Waals surface area contributed by atoms with Crippen LogP contribution < -0.4 is 4.90 Å². The van der Waals surface area contributed by atoms with E-state index >= 15 is 0 Å². The van der Waals surface area contributed by atoms with Gasteiger partial charge in [-0.1, -0.05) is 11.2 Å². The maximum atomic E-state index is 14.3. The van der Waals surface area contributed by atoms with Crippen molar-refractivity contribution in [2.45, 2.75) is 64.1 Å². The van der Waals surface area contributed by atoms with Crippen LogP contribution in [-0.2, 0) is 9.47 Å². The van der Waals surface area contributed by atoms with Crippen LogP contribution in [0.25, 0.3) is 22.2 Å². The van der Waals surface area contributed by atoms with Gasteiger partial charge in [0.2, 0.25) is 0 Å². The van der Waals surface area contributed by atoms with E-state index in [1.807, 2.05) is 32.0 Å². The number of aromatic nitrogens is 3. The van der Waals surface area contributed by atoms with Gasteiger partial charge in [-0.05, 0) is 69.4 Å². The maximum Gasteiger partial charge on any atom is 0.414 e. The number of ether oxygens (including phenoxy) is 2. The highest BCUT2D eigenvalue weighted by molar-refractivity contribution is 5.90. The maximum absolute atomic E-state index is 14.3. The topological polar surface area (TPSA) is 82.6 Å². The third-order valence-corrected chi connectivity index (χ3v) is 7.76. The number of imidazole rings is 1. The number of nitrogens with zero attached hydrogens (tertiary/aromatic N) is 4. The lowest BCUT2D eigenvalue weighted by atomic mass is 9.92. The van der Waals surface area contributed by atoms with Crippen LogP contribution in [0.1, 0.15) is 65.6 Å². The van der Waals surface area contributed by atoms with Crippen LogP contribution in [0.4, 0.5) is 19.3 Å². The molecule has 3 heterocycles. The lowest BCUT2D eigenvalue weighted by Crippen LogP contribution is -2.42. The summed E-state index contributed by atoms with van der Waals surface area (Å²) in [4.78, 5) is 19.4. The van der Waals surface area contributed by atoms with E-state index < -0.39 is 36.9 Å². The number of amides is 1. The zero-order valence-corrected chi connectivity index (χ0v) is 21.6. The summed E-state index contributed by atoms with van der Waals surface area (Å²) in [7, 11) is -2.47. The summed E-state index contributed by atoms with van der Waals surface area (Å²) in [6, 6.07) is 8.08. The minimum Gasteiger partial charge on any atom is -0.449 e. The van der Waals surface area contributed by atoms with E-state index in [1.165, 1.54) is 4.90 Å². The molecule has 4 aromatic rings. The lowest BCUT2D eigenvalue weighted by Gasteiger charge is -2.37. The molecule has 10 heteroatoms. The predicted octanol–water partition coefficient (Wildman–Crippen LogP) is 6.80. The van der Waals surface area contributed by atoms with Crippen molar-refractivity contribution in [3.63, 3.8) is 0 Å². The van der Waals surface area contributed by atoms with E-state index in [9.17, 15) is 13.6 Å². The number of fused-ring (bicyclic) bond motifs is 1. The van der Waals surface area contributed by atoms with E-state index in [2.05, 4.69) is 9.72 Å². The first-order valence-electron chi connectivity index (χ1n) is 14.5. The second kappa shape index (κ2) is 10.1. The van der Waals surface area contributed by atoms with E-state index in [0.717, 1.165) is 40.5 Å². The van der Waals surface area contributed by atoms with Gasteiger partial charge in [-0.15, -0.1) is 0 Å². The third-order valence-electron chi connectivity index (χ3n) is 7.76. The highest BCUT2D eigenvalue weighted by atomic mass is 19.1. The number of cyclic esters (lactones) is 1. The number of hydrogen-bond acceptors (Lipinski definition) is 6. The number of carbonyl (C=O) groups excluding carboxylic acids is 1. The number of halogens is 2. The second-order valence-electron chi connectivity index (χ2n) is 10.2. The first kappa shape index (κ1) is 22.1. The Morgan fingerprint density at radius 2 is 1.82 bits per heavy atom. The number of carbonyl (C=O) groups is 1. The summed E-state index contributed by atoms with van der Waals surface area (Å²) in [5.74, 6) is -0.393. The summed E-state index contributed by atoms with van der Waals surface area (Å²) in [6.07, 6.45) is 1.54. The van der Waals surface area contributed by atoms with Crippen molar-refractivity contribution in [1.82, 2.24) is 14.7 Å². The summed E-state index contributed by atoms with van der Waals surface area (Å²) >= 11 is 0. The van der Waals surface area contributed by atoms with Gasteiger partial charge in [0, 0.05) is 31.1 Å². The normalized spacial score (nSPS) is 23.4. The van der Waals surface area contributed by atoms with E-state index in [0.29, 0.717) is 49.2 Å². The molecule has 0 N–H and O–H groups in total. The van der Waals surface area contributed by atoms with Crippen molar-refractivity contribution in [2.24, 2.45) is 0 Å². The molecule has 1 saturated heterocycles. The monoisotopic (exact) mass is 539 g/mol. The van der Waals surface area contributed by atoms with Gasteiger partial charge in [0.1, 0.15) is 29.3 Å². The molecular weight excluding hydrogens is 506 g/mol. The predicted molar refractivity (Wildman–Crippen MR) is 141 cm³/mol. The molecule has 1 aliphatic heterocycles. The Bertz CT molecular complexity index is 1610. The van der Waals surface area contributed by atoms with Gasteiger partial charge < -0.3 is 18.6 Å². The standard InChI is InChI=1S/C29H30F2N4O4/c1-16-27(17(2)39-33-16)18-4-9-25-24(12-18)32-28(34(25)21-5-7-23(37-3)8-6-21)26-10-11-38-29(36)35(26)22-14-19(30)13-20(31)15-22/h4,9,12-15,21,23,26H,5-8,10-11H2,1-3H3/t21?,23?,26-/m0/s1/i3D3. The molecule has 1 amide bonds. The fraction of sp³-hybridized carbons (Fsp3) is 0.414. The van der Waals surface area contributed by atoms with Gasteiger partial charge >= 0.3 is 6.09 Å². The van der Waals surface area contributed by atoms with Crippen LogP contribution in [0.2, 0.25) is 0 Å². The number of hydrogen-bond donors (Lipinski definition) is 0. The number of anilines is 1. The Balaban J connectivity index is 1.46. The molecule has 2 fully saturated rings. The zero-order chi connectivity index (χ0) is 29.8. The lowest BCUT2D eigenvalue weighted by molar-refractivity contribution is 0.0582. The Labute approximate surface area is 228 Å². The fourth-order valence-corrected chi connectivity index (χ4v) is 6.00. The molecule has 2 aromatic heterocycles.